The zero-order valence-corrected chi connectivity index (χ0v) is 16.2. The molecule has 0 saturated carbocycles. The lowest BCUT2D eigenvalue weighted by atomic mass is 9.90. The number of nitrogens with zero attached hydrogens (tertiary/aromatic N) is 2. The maximum absolute atomic E-state index is 5.95. The van der Waals surface area contributed by atoms with Gasteiger partial charge in [0, 0.05) is 13.1 Å². The first kappa shape index (κ1) is 18.7. The molecule has 26 heavy (non-hydrogen) atoms. The lowest BCUT2D eigenvalue weighted by molar-refractivity contribution is 0.271. The van der Waals surface area contributed by atoms with Gasteiger partial charge in [0.2, 0.25) is 0 Å². The highest BCUT2D eigenvalue weighted by Gasteiger charge is 2.32. The van der Waals surface area contributed by atoms with Gasteiger partial charge in [-0.15, -0.1) is 0 Å². The largest absolute Gasteiger partial charge is 0.493 e. The van der Waals surface area contributed by atoms with E-state index in [0.29, 0.717) is 6.61 Å². The SMILES string of the molecule is COc1cc(CN2CCC(C)(CN)C2)ccc1OCc1c(C)noc1C. The molecule has 3 rings (SSSR count). The van der Waals surface area contributed by atoms with E-state index in [4.69, 9.17) is 19.7 Å². The quantitative estimate of drug-likeness (QED) is 0.819. The molecule has 1 aromatic carbocycles. The topological polar surface area (TPSA) is 73.8 Å². The number of nitrogens with two attached hydrogens (primary N) is 1. The van der Waals surface area contributed by atoms with Gasteiger partial charge in [0.05, 0.1) is 18.4 Å². The van der Waals surface area contributed by atoms with Crippen LogP contribution in [-0.2, 0) is 13.2 Å². The minimum Gasteiger partial charge on any atom is -0.493 e. The Balaban J connectivity index is 1.66. The average Bonchev–Trinajstić information content (AvgIpc) is 3.17. The minimum absolute atomic E-state index is 0.238. The number of aromatic nitrogens is 1. The third-order valence-corrected chi connectivity index (χ3v) is 5.32. The Kier molecular flexibility index (Phi) is 5.53. The van der Waals surface area contributed by atoms with Crippen LogP contribution in [0.25, 0.3) is 0 Å². The van der Waals surface area contributed by atoms with Gasteiger partial charge < -0.3 is 19.7 Å². The van der Waals surface area contributed by atoms with E-state index < -0.39 is 0 Å². The lowest BCUT2D eigenvalue weighted by Gasteiger charge is -2.23. The average molecular weight is 359 g/mol. The van der Waals surface area contributed by atoms with E-state index in [2.05, 4.69) is 29.1 Å². The van der Waals surface area contributed by atoms with Crippen molar-refractivity contribution in [1.82, 2.24) is 10.1 Å². The van der Waals surface area contributed by atoms with E-state index in [-0.39, 0.29) is 5.41 Å². The van der Waals surface area contributed by atoms with Gasteiger partial charge >= 0.3 is 0 Å². The molecule has 1 atom stereocenters. The van der Waals surface area contributed by atoms with Gasteiger partial charge in [0.25, 0.3) is 0 Å². The Morgan fingerprint density at radius 2 is 2.12 bits per heavy atom. The van der Waals surface area contributed by atoms with Gasteiger partial charge in [-0.25, -0.2) is 0 Å². The summed E-state index contributed by atoms with van der Waals surface area (Å²) in [6, 6.07) is 6.13. The van der Waals surface area contributed by atoms with Crippen molar-refractivity contribution in [2.24, 2.45) is 11.1 Å². The van der Waals surface area contributed by atoms with Crippen LogP contribution in [0.4, 0.5) is 0 Å². The Morgan fingerprint density at radius 1 is 1.31 bits per heavy atom. The number of ether oxygens (including phenoxy) is 2. The molecule has 6 heteroatoms. The fourth-order valence-electron chi connectivity index (χ4n) is 3.47. The first-order chi connectivity index (χ1) is 12.4. The predicted molar refractivity (Wildman–Crippen MR) is 100 cm³/mol. The van der Waals surface area contributed by atoms with Gasteiger partial charge in [0.1, 0.15) is 12.4 Å². The number of hydrogen-bond donors (Lipinski definition) is 1. The van der Waals surface area contributed by atoms with Crippen molar-refractivity contribution in [1.29, 1.82) is 0 Å². The van der Waals surface area contributed by atoms with Crippen LogP contribution in [0.5, 0.6) is 11.5 Å². The van der Waals surface area contributed by atoms with Crippen molar-refractivity contribution in [3.8, 4) is 11.5 Å². The van der Waals surface area contributed by atoms with Crippen molar-refractivity contribution in [2.75, 3.05) is 26.7 Å². The molecule has 1 saturated heterocycles. The molecule has 1 aromatic heterocycles. The van der Waals surface area contributed by atoms with E-state index in [0.717, 1.165) is 61.1 Å². The summed E-state index contributed by atoms with van der Waals surface area (Å²) in [4.78, 5) is 2.45. The van der Waals surface area contributed by atoms with Gasteiger partial charge in [0.15, 0.2) is 11.5 Å². The monoisotopic (exact) mass is 359 g/mol. The number of hydrogen-bond acceptors (Lipinski definition) is 6. The molecule has 0 bridgehead atoms. The van der Waals surface area contributed by atoms with Gasteiger partial charge in [-0.2, -0.15) is 0 Å². The second-order valence-corrected chi connectivity index (χ2v) is 7.55. The zero-order chi connectivity index (χ0) is 18.7. The Labute approximate surface area is 155 Å². The Hall–Kier alpha value is -2.05. The summed E-state index contributed by atoms with van der Waals surface area (Å²) < 4.78 is 16.7. The molecule has 1 aliphatic rings. The lowest BCUT2D eigenvalue weighted by Crippen LogP contribution is -2.31. The molecule has 0 radical (unpaired) electrons. The van der Waals surface area contributed by atoms with Crippen LogP contribution in [0.15, 0.2) is 22.7 Å². The maximum Gasteiger partial charge on any atom is 0.161 e. The molecule has 0 amide bonds. The van der Waals surface area contributed by atoms with Crippen LogP contribution >= 0.6 is 0 Å². The van der Waals surface area contributed by atoms with Crippen molar-refractivity contribution in [3.63, 3.8) is 0 Å². The third kappa shape index (κ3) is 4.02. The van der Waals surface area contributed by atoms with Crippen molar-refractivity contribution in [3.05, 3.63) is 40.8 Å². The summed E-state index contributed by atoms with van der Waals surface area (Å²) in [6.07, 6.45) is 1.15. The summed E-state index contributed by atoms with van der Waals surface area (Å²) in [5, 5.41) is 3.96. The molecule has 2 N–H and O–H groups in total. The van der Waals surface area contributed by atoms with E-state index in [1.807, 2.05) is 19.9 Å². The summed E-state index contributed by atoms with van der Waals surface area (Å²) in [6.45, 7) is 10.2. The van der Waals surface area contributed by atoms with Crippen LogP contribution in [0.1, 0.15) is 35.9 Å². The molecular weight excluding hydrogens is 330 g/mol. The summed E-state index contributed by atoms with van der Waals surface area (Å²) in [5.74, 6) is 2.26. The van der Waals surface area contributed by atoms with E-state index in [1.165, 1.54) is 5.56 Å². The molecular formula is C20H29N3O3. The van der Waals surface area contributed by atoms with Crippen molar-refractivity contribution >= 4 is 0 Å². The van der Waals surface area contributed by atoms with Crippen molar-refractivity contribution < 1.29 is 14.0 Å². The first-order valence-electron chi connectivity index (χ1n) is 9.08. The summed E-state index contributed by atoms with van der Waals surface area (Å²) in [5.41, 5.74) is 9.20. The molecule has 6 nitrogen and oxygen atoms in total. The number of likely N-dealkylation sites (tertiary alicyclic amines) is 1. The van der Waals surface area contributed by atoms with Crippen LogP contribution in [0.3, 0.4) is 0 Å². The van der Waals surface area contributed by atoms with Gasteiger partial charge in [-0.3, -0.25) is 4.90 Å². The first-order valence-corrected chi connectivity index (χ1v) is 9.08. The standard InChI is InChI=1S/C20H29N3O3/c1-14-17(15(2)26-22-14)11-25-18-6-5-16(9-19(18)24-4)10-23-8-7-20(3,12-21)13-23/h5-6,9H,7-8,10-13,21H2,1-4H3. The number of rotatable bonds is 7. The van der Waals surface area contributed by atoms with Crippen LogP contribution < -0.4 is 15.2 Å². The molecule has 142 valence electrons. The van der Waals surface area contributed by atoms with Gasteiger partial charge in [-0.05, 0) is 56.5 Å². The summed E-state index contributed by atoms with van der Waals surface area (Å²) in [7, 11) is 1.67. The smallest absolute Gasteiger partial charge is 0.161 e. The fourth-order valence-corrected chi connectivity index (χ4v) is 3.47. The second kappa shape index (κ2) is 7.68. The number of benzene rings is 1. The minimum atomic E-state index is 0.238. The molecule has 1 fully saturated rings. The highest BCUT2D eigenvalue weighted by Crippen LogP contribution is 2.32. The molecule has 2 aromatic rings. The van der Waals surface area contributed by atoms with Crippen LogP contribution in [0.2, 0.25) is 0 Å². The second-order valence-electron chi connectivity index (χ2n) is 7.55. The van der Waals surface area contributed by atoms with E-state index in [9.17, 15) is 0 Å². The highest BCUT2D eigenvalue weighted by atomic mass is 16.5. The van der Waals surface area contributed by atoms with Crippen molar-refractivity contribution in [2.45, 2.75) is 40.3 Å². The maximum atomic E-state index is 5.95. The number of methoxy groups -OCH3 is 1. The molecule has 0 spiro atoms. The molecule has 0 aliphatic carbocycles. The highest BCUT2D eigenvalue weighted by molar-refractivity contribution is 5.43. The third-order valence-electron chi connectivity index (χ3n) is 5.32. The Bertz CT molecular complexity index is 739. The summed E-state index contributed by atoms with van der Waals surface area (Å²) >= 11 is 0. The Morgan fingerprint density at radius 3 is 2.73 bits per heavy atom. The molecule has 1 unspecified atom stereocenters. The normalized spacial score (nSPS) is 20.5. The van der Waals surface area contributed by atoms with Crippen LogP contribution in [0, 0.1) is 19.3 Å². The van der Waals surface area contributed by atoms with E-state index >= 15 is 0 Å². The molecule has 1 aliphatic heterocycles. The number of aryl methyl sites for hydroxylation is 2. The van der Waals surface area contributed by atoms with E-state index in [1.54, 1.807) is 7.11 Å². The fraction of sp³-hybridized carbons (Fsp3) is 0.550. The zero-order valence-electron chi connectivity index (χ0n) is 16.2. The molecule has 2 heterocycles. The van der Waals surface area contributed by atoms with Crippen LogP contribution in [-0.4, -0.2) is 36.8 Å². The van der Waals surface area contributed by atoms with Gasteiger partial charge in [-0.1, -0.05) is 18.1 Å². The predicted octanol–water partition coefficient (Wildman–Crippen LogP) is 3.05.